The fourth-order valence-electron chi connectivity index (χ4n) is 2.96. The zero-order valence-corrected chi connectivity index (χ0v) is 12.2. The van der Waals surface area contributed by atoms with Crippen molar-refractivity contribution in [2.45, 2.75) is 44.2 Å². The molecule has 19 heavy (non-hydrogen) atoms. The van der Waals surface area contributed by atoms with Crippen LogP contribution in [0.25, 0.3) is 0 Å². The van der Waals surface area contributed by atoms with Crippen molar-refractivity contribution in [1.82, 2.24) is 14.8 Å². The number of likely N-dealkylation sites (N-methyl/N-ethyl adjacent to an activating group) is 1. The van der Waals surface area contributed by atoms with Crippen LogP contribution in [0.3, 0.4) is 0 Å². The topological polar surface area (TPSA) is 37.3 Å². The largest absolute Gasteiger partial charge is 0.352 e. The summed E-state index contributed by atoms with van der Waals surface area (Å²) in [5, 5.41) is 3.13. The van der Waals surface area contributed by atoms with Crippen LogP contribution in [0.4, 0.5) is 0 Å². The van der Waals surface area contributed by atoms with Gasteiger partial charge in [-0.15, -0.1) is 0 Å². The van der Waals surface area contributed by atoms with Gasteiger partial charge in [-0.05, 0) is 46.0 Å². The summed E-state index contributed by atoms with van der Waals surface area (Å²) in [7, 11) is 4.24. The number of aromatic nitrogens is 1. The number of nitrogens with zero attached hydrogens (tertiary/aromatic N) is 2. The van der Waals surface area contributed by atoms with Crippen LogP contribution in [0, 0.1) is 0 Å². The quantitative estimate of drug-likeness (QED) is 0.882. The maximum absolute atomic E-state index is 12.2. The van der Waals surface area contributed by atoms with Crippen LogP contribution in [0.2, 0.25) is 0 Å². The molecule has 0 aliphatic heterocycles. The number of amides is 1. The van der Waals surface area contributed by atoms with E-state index in [9.17, 15) is 4.79 Å². The lowest BCUT2D eigenvalue weighted by Gasteiger charge is -2.36. The van der Waals surface area contributed by atoms with Gasteiger partial charge >= 0.3 is 0 Å². The number of nitrogens with one attached hydrogen (secondary N) is 1. The Labute approximate surface area is 115 Å². The van der Waals surface area contributed by atoms with E-state index in [4.69, 9.17) is 0 Å². The van der Waals surface area contributed by atoms with E-state index in [1.54, 1.807) is 0 Å². The Bertz CT molecular complexity index is 405. The Hall–Kier alpha value is -1.29. The molecule has 0 saturated heterocycles. The average Bonchev–Trinajstić information content (AvgIpc) is 3.06. The summed E-state index contributed by atoms with van der Waals surface area (Å²) in [6.45, 7) is 2.69. The maximum Gasteiger partial charge on any atom is 0.242 e. The fraction of sp³-hybridized carbons (Fsp3) is 0.667. The van der Waals surface area contributed by atoms with Gasteiger partial charge in [-0.25, -0.2) is 0 Å². The van der Waals surface area contributed by atoms with E-state index < -0.39 is 0 Å². The van der Waals surface area contributed by atoms with E-state index in [2.05, 4.69) is 24.3 Å². The molecule has 0 unspecified atom stereocenters. The van der Waals surface area contributed by atoms with Crippen LogP contribution < -0.4 is 5.32 Å². The lowest BCUT2D eigenvalue weighted by molar-refractivity contribution is -0.124. The Morgan fingerprint density at radius 3 is 2.42 bits per heavy atom. The highest BCUT2D eigenvalue weighted by molar-refractivity contribution is 5.80. The van der Waals surface area contributed by atoms with E-state index in [0.717, 1.165) is 6.54 Å². The van der Waals surface area contributed by atoms with Gasteiger partial charge in [0.25, 0.3) is 0 Å². The molecule has 1 aromatic heterocycles. The lowest BCUT2D eigenvalue weighted by atomic mass is 9.96. The van der Waals surface area contributed by atoms with Gasteiger partial charge in [-0.2, -0.15) is 0 Å². The van der Waals surface area contributed by atoms with Crippen molar-refractivity contribution in [3.05, 3.63) is 24.5 Å². The predicted molar refractivity (Wildman–Crippen MR) is 77.0 cm³/mol. The molecular formula is C15H25N3O. The lowest BCUT2D eigenvalue weighted by Crippen LogP contribution is -2.51. The number of carbonyl (C=O) groups is 1. The highest BCUT2D eigenvalue weighted by atomic mass is 16.2. The first-order chi connectivity index (χ1) is 9.05. The molecular weight excluding hydrogens is 238 g/mol. The van der Waals surface area contributed by atoms with E-state index >= 15 is 0 Å². The monoisotopic (exact) mass is 263 g/mol. The fourth-order valence-corrected chi connectivity index (χ4v) is 2.96. The molecule has 1 saturated carbocycles. The first-order valence-electron chi connectivity index (χ1n) is 7.13. The number of rotatable bonds is 5. The molecule has 0 bridgehead atoms. The van der Waals surface area contributed by atoms with Gasteiger partial charge in [0.2, 0.25) is 5.91 Å². The number of hydrogen-bond donors (Lipinski definition) is 1. The van der Waals surface area contributed by atoms with Crippen LogP contribution >= 0.6 is 0 Å². The second kappa shape index (κ2) is 5.78. The first kappa shape index (κ1) is 14.1. The van der Waals surface area contributed by atoms with Gasteiger partial charge in [-0.3, -0.25) is 4.79 Å². The molecule has 1 aliphatic rings. The molecule has 4 heteroatoms. The first-order valence-corrected chi connectivity index (χ1v) is 7.13. The van der Waals surface area contributed by atoms with Gasteiger partial charge in [0.05, 0.1) is 0 Å². The zero-order chi connectivity index (χ0) is 13.9. The van der Waals surface area contributed by atoms with Gasteiger partial charge < -0.3 is 14.8 Å². The van der Waals surface area contributed by atoms with Crippen molar-refractivity contribution in [1.29, 1.82) is 0 Å². The summed E-state index contributed by atoms with van der Waals surface area (Å²) in [4.78, 5) is 14.5. The summed E-state index contributed by atoms with van der Waals surface area (Å²) in [5.41, 5.74) is 0.159. The molecule has 1 aliphatic carbocycles. The minimum atomic E-state index is -0.143. The van der Waals surface area contributed by atoms with Crippen LogP contribution in [-0.4, -0.2) is 41.6 Å². The van der Waals surface area contributed by atoms with Crippen molar-refractivity contribution >= 4 is 5.91 Å². The molecule has 1 amide bonds. The average molecular weight is 263 g/mol. The Morgan fingerprint density at radius 1 is 1.32 bits per heavy atom. The number of carbonyl (C=O) groups excluding carboxylic acids is 1. The molecule has 0 radical (unpaired) electrons. The third-order valence-corrected chi connectivity index (χ3v) is 4.53. The molecule has 2 rings (SSSR count). The second-order valence-corrected chi connectivity index (χ2v) is 5.85. The van der Waals surface area contributed by atoms with Crippen molar-refractivity contribution < 1.29 is 4.79 Å². The highest BCUT2D eigenvalue weighted by Gasteiger charge is 2.36. The molecule has 0 spiro atoms. The van der Waals surface area contributed by atoms with Crippen molar-refractivity contribution in [2.24, 2.45) is 0 Å². The SMILES string of the molecule is C[C@H](C(=O)NCC1(N(C)C)CCCC1)n1cccc1. The van der Waals surface area contributed by atoms with Gasteiger partial charge in [-0.1, -0.05) is 12.8 Å². The van der Waals surface area contributed by atoms with Crippen LogP contribution in [0.5, 0.6) is 0 Å². The summed E-state index contributed by atoms with van der Waals surface area (Å²) < 4.78 is 1.94. The molecule has 0 aromatic carbocycles. The summed E-state index contributed by atoms with van der Waals surface area (Å²) in [6, 6.07) is 3.75. The third kappa shape index (κ3) is 3.00. The Kier molecular flexibility index (Phi) is 4.30. The van der Waals surface area contributed by atoms with E-state index in [1.807, 2.05) is 36.0 Å². The Morgan fingerprint density at radius 2 is 1.89 bits per heavy atom. The normalized spacial score (nSPS) is 19.6. The Balaban J connectivity index is 1.92. The van der Waals surface area contributed by atoms with E-state index in [-0.39, 0.29) is 17.5 Å². The second-order valence-electron chi connectivity index (χ2n) is 5.85. The van der Waals surface area contributed by atoms with Gasteiger partial charge in [0.1, 0.15) is 6.04 Å². The summed E-state index contributed by atoms with van der Waals surface area (Å²) in [5.74, 6) is 0.101. The van der Waals surface area contributed by atoms with Crippen LogP contribution in [0.1, 0.15) is 38.6 Å². The minimum absolute atomic E-state index is 0.101. The van der Waals surface area contributed by atoms with Gasteiger partial charge in [0, 0.05) is 24.5 Å². The van der Waals surface area contributed by atoms with Crippen LogP contribution in [-0.2, 0) is 4.79 Å². The summed E-state index contributed by atoms with van der Waals surface area (Å²) in [6.07, 6.45) is 8.75. The maximum atomic E-state index is 12.2. The molecule has 4 nitrogen and oxygen atoms in total. The van der Waals surface area contributed by atoms with Crippen molar-refractivity contribution in [2.75, 3.05) is 20.6 Å². The number of hydrogen-bond acceptors (Lipinski definition) is 2. The van der Waals surface area contributed by atoms with Gasteiger partial charge in [0.15, 0.2) is 0 Å². The molecule has 1 fully saturated rings. The standard InChI is InChI=1S/C15H25N3O/c1-13(18-10-6-7-11-18)14(19)16-12-15(17(2)3)8-4-5-9-15/h6-7,10-11,13H,4-5,8-9,12H2,1-3H3,(H,16,19)/t13-/m1/s1. The van der Waals surface area contributed by atoms with Crippen molar-refractivity contribution in [3.8, 4) is 0 Å². The summed E-state index contributed by atoms with van der Waals surface area (Å²) >= 11 is 0. The zero-order valence-electron chi connectivity index (χ0n) is 12.2. The highest BCUT2D eigenvalue weighted by Crippen LogP contribution is 2.33. The van der Waals surface area contributed by atoms with E-state index in [1.165, 1.54) is 25.7 Å². The smallest absolute Gasteiger partial charge is 0.242 e. The molecule has 1 N–H and O–H groups in total. The molecule has 106 valence electrons. The molecule has 1 atom stereocenters. The molecule has 1 heterocycles. The van der Waals surface area contributed by atoms with E-state index in [0.29, 0.717) is 0 Å². The van der Waals surface area contributed by atoms with Crippen molar-refractivity contribution in [3.63, 3.8) is 0 Å². The molecule has 1 aromatic rings. The predicted octanol–water partition coefficient (Wildman–Crippen LogP) is 2.04. The minimum Gasteiger partial charge on any atom is -0.352 e. The third-order valence-electron chi connectivity index (χ3n) is 4.53. The van der Waals surface area contributed by atoms with Crippen LogP contribution in [0.15, 0.2) is 24.5 Å².